The van der Waals surface area contributed by atoms with Crippen LogP contribution >= 0.6 is 0 Å². The van der Waals surface area contributed by atoms with Gasteiger partial charge in [-0.15, -0.1) is 0 Å². The first-order chi connectivity index (χ1) is 17.1. The summed E-state index contributed by atoms with van der Waals surface area (Å²) in [6.45, 7) is 11.5. The van der Waals surface area contributed by atoms with Crippen LogP contribution in [0.2, 0.25) is 0 Å². The summed E-state index contributed by atoms with van der Waals surface area (Å²) in [6, 6.07) is 11.8. The molecule has 0 spiro atoms. The molecule has 186 valence electrons. The lowest BCUT2D eigenvalue weighted by Gasteiger charge is -2.33. The second kappa shape index (κ2) is 12.0. The van der Waals surface area contributed by atoms with Crippen molar-refractivity contribution in [3.8, 4) is 5.75 Å². The number of halogens is 1. The lowest BCUT2D eigenvalue weighted by atomic mass is 10.1. The van der Waals surface area contributed by atoms with Gasteiger partial charge in [-0.2, -0.15) is 0 Å². The number of likely N-dealkylation sites (N-methyl/N-ethyl adjacent to an activating group) is 1. The minimum Gasteiger partial charge on any atom is -0.494 e. The van der Waals surface area contributed by atoms with Crippen molar-refractivity contribution in [3.63, 3.8) is 0 Å². The number of hydrogen-bond acceptors (Lipinski definition) is 7. The summed E-state index contributed by atoms with van der Waals surface area (Å²) < 4.78 is 25.1. The second-order valence-corrected chi connectivity index (χ2v) is 8.56. The maximum absolute atomic E-state index is 14.0. The molecule has 7 nitrogen and oxygen atoms in total. The van der Waals surface area contributed by atoms with Crippen molar-refractivity contribution in [2.24, 2.45) is 0 Å². The van der Waals surface area contributed by atoms with Crippen LogP contribution < -0.4 is 10.1 Å². The predicted octanol–water partition coefficient (Wildman–Crippen LogP) is 4.70. The van der Waals surface area contributed by atoms with Crippen LogP contribution in [0.25, 0.3) is 10.9 Å². The highest BCUT2D eigenvalue weighted by molar-refractivity contribution is 6.06. The Bertz CT molecular complexity index is 1130. The van der Waals surface area contributed by atoms with Gasteiger partial charge in [-0.3, -0.25) is 4.98 Å². The van der Waals surface area contributed by atoms with Gasteiger partial charge in [0.25, 0.3) is 0 Å². The first-order valence-electron chi connectivity index (χ1n) is 12.3. The third kappa shape index (κ3) is 6.46. The van der Waals surface area contributed by atoms with Gasteiger partial charge in [0.1, 0.15) is 17.1 Å². The topological polar surface area (TPSA) is 66.9 Å². The molecule has 0 radical (unpaired) electrons. The zero-order valence-electron chi connectivity index (χ0n) is 20.4. The van der Waals surface area contributed by atoms with Crippen LogP contribution in [-0.4, -0.2) is 73.2 Å². The number of rotatable bonds is 10. The number of anilines is 2. The van der Waals surface area contributed by atoms with E-state index in [1.54, 1.807) is 13.0 Å². The maximum atomic E-state index is 14.0. The van der Waals surface area contributed by atoms with Crippen molar-refractivity contribution in [2.75, 3.05) is 57.8 Å². The quantitative estimate of drug-likeness (QED) is 0.333. The average molecular weight is 481 g/mol. The number of fused-ring (bicyclic) bond motifs is 1. The number of piperazine rings is 1. The molecule has 1 N–H and O–H groups in total. The highest BCUT2D eigenvalue weighted by atomic mass is 19.1. The zero-order chi connectivity index (χ0) is 24.6. The van der Waals surface area contributed by atoms with Gasteiger partial charge in [-0.25, -0.2) is 9.18 Å². The summed E-state index contributed by atoms with van der Waals surface area (Å²) in [5.74, 6) is -0.133. The maximum Gasteiger partial charge on any atom is 0.341 e. The van der Waals surface area contributed by atoms with Crippen molar-refractivity contribution in [1.82, 2.24) is 14.8 Å². The number of esters is 1. The molecule has 4 rings (SSSR count). The predicted molar refractivity (Wildman–Crippen MR) is 136 cm³/mol. The number of carbonyl (C=O) groups excluding carboxylic acids is 1. The van der Waals surface area contributed by atoms with E-state index in [-0.39, 0.29) is 12.2 Å². The third-order valence-corrected chi connectivity index (χ3v) is 6.25. The van der Waals surface area contributed by atoms with E-state index in [4.69, 9.17) is 9.47 Å². The number of benzene rings is 2. The summed E-state index contributed by atoms with van der Waals surface area (Å²) in [4.78, 5) is 21.8. The molecule has 0 atom stereocenters. The van der Waals surface area contributed by atoms with E-state index in [0.29, 0.717) is 23.2 Å². The molecule has 0 unspecified atom stereocenters. The fraction of sp³-hybridized carbons (Fsp3) is 0.407. The fourth-order valence-electron chi connectivity index (χ4n) is 4.25. The number of nitrogens with zero attached hydrogens (tertiary/aromatic N) is 3. The molecule has 0 aliphatic carbocycles. The molecule has 3 aromatic rings. The van der Waals surface area contributed by atoms with E-state index >= 15 is 0 Å². The lowest BCUT2D eigenvalue weighted by molar-refractivity contribution is 0.0527. The lowest BCUT2D eigenvalue weighted by Crippen LogP contribution is -2.46. The van der Waals surface area contributed by atoms with Crippen LogP contribution in [0.4, 0.5) is 15.8 Å². The molecule has 35 heavy (non-hydrogen) atoms. The van der Waals surface area contributed by atoms with Crippen LogP contribution in [0.3, 0.4) is 0 Å². The van der Waals surface area contributed by atoms with Gasteiger partial charge in [-0.1, -0.05) is 6.92 Å². The van der Waals surface area contributed by atoms with Gasteiger partial charge in [-0.05, 0) is 62.4 Å². The van der Waals surface area contributed by atoms with Crippen molar-refractivity contribution in [1.29, 1.82) is 0 Å². The van der Waals surface area contributed by atoms with Gasteiger partial charge in [0.2, 0.25) is 0 Å². The molecule has 0 amide bonds. The van der Waals surface area contributed by atoms with Crippen molar-refractivity contribution in [2.45, 2.75) is 20.3 Å². The molecule has 0 saturated carbocycles. The first kappa shape index (κ1) is 24.9. The molecular weight excluding hydrogens is 447 g/mol. The Morgan fingerprint density at radius 2 is 1.80 bits per heavy atom. The number of nitrogens with one attached hydrogen (secondary N) is 1. The van der Waals surface area contributed by atoms with Gasteiger partial charge < -0.3 is 24.6 Å². The number of carbonyl (C=O) groups is 1. The molecule has 1 saturated heterocycles. The Balaban J connectivity index is 1.38. The smallest absolute Gasteiger partial charge is 0.341 e. The largest absolute Gasteiger partial charge is 0.494 e. The highest BCUT2D eigenvalue weighted by Gasteiger charge is 2.18. The Morgan fingerprint density at radius 3 is 2.51 bits per heavy atom. The van der Waals surface area contributed by atoms with Crippen molar-refractivity contribution >= 4 is 28.2 Å². The van der Waals surface area contributed by atoms with Crippen LogP contribution in [0.5, 0.6) is 5.75 Å². The highest BCUT2D eigenvalue weighted by Crippen LogP contribution is 2.31. The summed E-state index contributed by atoms with van der Waals surface area (Å²) in [7, 11) is 0. The molecule has 1 aliphatic heterocycles. The van der Waals surface area contributed by atoms with E-state index in [2.05, 4.69) is 27.0 Å². The normalized spacial score (nSPS) is 14.7. The Kier molecular flexibility index (Phi) is 8.50. The number of pyridine rings is 1. The number of hydrogen-bond donors (Lipinski definition) is 1. The summed E-state index contributed by atoms with van der Waals surface area (Å²) in [6.07, 6.45) is 2.43. The van der Waals surface area contributed by atoms with Gasteiger partial charge in [0, 0.05) is 50.0 Å². The summed E-state index contributed by atoms with van der Waals surface area (Å²) in [5, 5.41) is 3.76. The van der Waals surface area contributed by atoms with Crippen molar-refractivity contribution in [3.05, 3.63) is 60.0 Å². The minimum atomic E-state index is -0.510. The van der Waals surface area contributed by atoms with E-state index in [0.717, 1.165) is 57.1 Å². The molecular formula is C27H33FN4O3. The molecule has 2 heterocycles. The average Bonchev–Trinajstić information content (AvgIpc) is 2.88. The van der Waals surface area contributed by atoms with Gasteiger partial charge >= 0.3 is 5.97 Å². The van der Waals surface area contributed by atoms with E-state index in [1.165, 1.54) is 18.3 Å². The van der Waals surface area contributed by atoms with Crippen molar-refractivity contribution < 1.29 is 18.7 Å². The minimum absolute atomic E-state index is 0.237. The number of aromatic nitrogens is 1. The van der Waals surface area contributed by atoms with Crippen LogP contribution in [0, 0.1) is 5.82 Å². The Hall–Kier alpha value is -3.23. The van der Waals surface area contributed by atoms with Crippen LogP contribution in [0.15, 0.2) is 48.7 Å². The molecule has 8 heteroatoms. The van der Waals surface area contributed by atoms with Crippen LogP contribution in [-0.2, 0) is 4.74 Å². The fourth-order valence-corrected chi connectivity index (χ4v) is 4.25. The third-order valence-electron chi connectivity index (χ3n) is 6.25. The van der Waals surface area contributed by atoms with Gasteiger partial charge in [0.15, 0.2) is 0 Å². The SMILES string of the molecule is CCOC(=O)c1cnc2ccc(F)cc2c1Nc1ccc(OCCCN2CCN(CC)CC2)cc1. The second-order valence-electron chi connectivity index (χ2n) is 8.56. The molecule has 1 fully saturated rings. The zero-order valence-corrected chi connectivity index (χ0v) is 20.4. The Labute approximate surface area is 205 Å². The van der Waals surface area contributed by atoms with E-state index in [1.807, 2.05) is 24.3 Å². The molecule has 2 aromatic carbocycles. The first-order valence-corrected chi connectivity index (χ1v) is 12.3. The molecule has 0 bridgehead atoms. The standard InChI is InChI=1S/C27H33FN4O3/c1-3-31-13-15-32(16-14-31)12-5-17-35-22-9-7-21(8-10-22)30-26-23-18-20(28)6-11-25(23)29-19-24(26)27(33)34-4-2/h6-11,18-19H,3-5,12-17H2,1-2H3,(H,29,30). The van der Waals surface area contributed by atoms with E-state index < -0.39 is 11.8 Å². The summed E-state index contributed by atoms with van der Waals surface area (Å²) >= 11 is 0. The van der Waals surface area contributed by atoms with Crippen LogP contribution in [0.1, 0.15) is 30.6 Å². The Morgan fingerprint density at radius 1 is 1.06 bits per heavy atom. The van der Waals surface area contributed by atoms with E-state index in [9.17, 15) is 9.18 Å². The van der Waals surface area contributed by atoms with Gasteiger partial charge in [0.05, 0.1) is 24.4 Å². The summed E-state index contributed by atoms with van der Waals surface area (Å²) in [5.41, 5.74) is 2.04. The monoisotopic (exact) mass is 480 g/mol. The molecule has 1 aliphatic rings. The molecule has 1 aromatic heterocycles. The number of ether oxygens (including phenoxy) is 2.